The van der Waals surface area contributed by atoms with Crippen molar-refractivity contribution in [2.45, 2.75) is 72.2 Å². The molecule has 140 valence electrons. The number of cyclic esters (lactones) is 1. The van der Waals surface area contributed by atoms with E-state index in [1.807, 2.05) is 0 Å². The molecule has 6 unspecified atom stereocenters. The summed E-state index contributed by atoms with van der Waals surface area (Å²) in [7, 11) is 1.50. The average Bonchev–Trinajstić information content (AvgIpc) is 2.95. The van der Waals surface area contributed by atoms with Gasteiger partial charge in [0, 0.05) is 18.8 Å². The van der Waals surface area contributed by atoms with Crippen LogP contribution in [0.25, 0.3) is 0 Å². The van der Waals surface area contributed by atoms with Crippen molar-refractivity contribution < 1.29 is 19.4 Å². The molecule has 0 saturated heterocycles. The van der Waals surface area contributed by atoms with Crippen molar-refractivity contribution in [3.8, 4) is 0 Å². The second-order valence-electron chi connectivity index (χ2n) is 8.75. The Hall–Kier alpha value is -1.13. The standard InChI is InChI=1S/C21H32O4/c1-13-7-6-8-17-20(13,3)10-9-14(2)21(17,4)12-16(22)15-11-18(23)25-19(15)24-5/h7,11,14,16-17,19,22H,6,8-10,12H2,1-5H3. The summed E-state index contributed by atoms with van der Waals surface area (Å²) in [5.74, 6) is 0.651. The van der Waals surface area contributed by atoms with Gasteiger partial charge in [-0.25, -0.2) is 4.79 Å². The zero-order valence-electron chi connectivity index (χ0n) is 16.2. The predicted octanol–water partition coefficient (Wildman–Crippen LogP) is 3.99. The van der Waals surface area contributed by atoms with Crippen LogP contribution in [0.1, 0.15) is 59.8 Å². The highest BCUT2D eigenvalue weighted by molar-refractivity contribution is 5.85. The van der Waals surface area contributed by atoms with Crippen molar-refractivity contribution in [3.05, 3.63) is 23.3 Å². The van der Waals surface area contributed by atoms with Crippen LogP contribution in [0.5, 0.6) is 0 Å². The summed E-state index contributed by atoms with van der Waals surface area (Å²) in [6.07, 6.45) is 7.67. The van der Waals surface area contributed by atoms with Gasteiger partial charge >= 0.3 is 5.97 Å². The van der Waals surface area contributed by atoms with Gasteiger partial charge in [-0.1, -0.05) is 32.4 Å². The third-order valence-electron chi connectivity index (χ3n) is 7.61. The lowest BCUT2D eigenvalue weighted by molar-refractivity contribution is -0.156. The Morgan fingerprint density at radius 3 is 2.80 bits per heavy atom. The van der Waals surface area contributed by atoms with Gasteiger partial charge in [-0.3, -0.25) is 0 Å². The maximum absolute atomic E-state index is 11.6. The molecule has 25 heavy (non-hydrogen) atoms. The number of ether oxygens (including phenoxy) is 2. The summed E-state index contributed by atoms with van der Waals surface area (Å²) in [6.45, 7) is 9.32. The summed E-state index contributed by atoms with van der Waals surface area (Å²) < 4.78 is 10.3. The van der Waals surface area contributed by atoms with E-state index in [1.54, 1.807) is 0 Å². The lowest BCUT2D eigenvalue weighted by Gasteiger charge is -2.58. The SMILES string of the molecule is COC1OC(=O)C=C1C(O)CC1(C)C(C)CCC2(C)C(C)=CCCC21. The van der Waals surface area contributed by atoms with E-state index in [0.717, 1.165) is 6.42 Å². The molecule has 0 radical (unpaired) electrons. The van der Waals surface area contributed by atoms with Gasteiger partial charge in [-0.2, -0.15) is 0 Å². The van der Waals surface area contributed by atoms with E-state index in [-0.39, 0.29) is 10.8 Å². The van der Waals surface area contributed by atoms with E-state index in [2.05, 4.69) is 33.8 Å². The van der Waals surface area contributed by atoms with Gasteiger partial charge in [-0.05, 0) is 61.7 Å². The zero-order valence-corrected chi connectivity index (χ0v) is 16.2. The molecule has 1 aliphatic heterocycles. The third-order valence-corrected chi connectivity index (χ3v) is 7.61. The second kappa shape index (κ2) is 6.55. The maximum Gasteiger partial charge on any atom is 0.333 e. The average molecular weight is 348 g/mol. The molecule has 4 nitrogen and oxygen atoms in total. The molecule has 2 aliphatic carbocycles. The van der Waals surface area contributed by atoms with Gasteiger partial charge in [0.05, 0.1) is 6.10 Å². The number of carbonyl (C=O) groups is 1. The van der Waals surface area contributed by atoms with Crippen LogP contribution < -0.4 is 0 Å². The summed E-state index contributed by atoms with van der Waals surface area (Å²) in [4.78, 5) is 11.6. The monoisotopic (exact) mass is 348 g/mol. The lowest BCUT2D eigenvalue weighted by atomic mass is 9.46. The van der Waals surface area contributed by atoms with Gasteiger partial charge in [0.1, 0.15) is 0 Å². The number of methoxy groups -OCH3 is 1. The molecule has 1 saturated carbocycles. The molecule has 0 amide bonds. The Balaban J connectivity index is 1.87. The van der Waals surface area contributed by atoms with Crippen LogP contribution >= 0.6 is 0 Å². The molecule has 0 aromatic heterocycles. The van der Waals surface area contributed by atoms with Crippen LogP contribution in [0.15, 0.2) is 23.3 Å². The van der Waals surface area contributed by atoms with Crippen molar-refractivity contribution in [1.82, 2.24) is 0 Å². The number of fused-ring (bicyclic) bond motifs is 1. The van der Waals surface area contributed by atoms with Crippen molar-refractivity contribution in [2.75, 3.05) is 7.11 Å². The Kier molecular flexibility index (Phi) is 4.89. The summed E-state index contributed by atoms with van der Waals surface area (Å²) in [5, 5.41) is 10.9. The van der Waals surface area contributed by atoms with Gasteiger partial charge in [0.2, 0.25) is 6.29 Å². The van der Waals surface area contributed by atoms with E-state index < -0.39 is 18.4 Å². The Bertz CT molecular complexity index is 607. The van der Waals surface area contributed by atoms with Crippen LogP contribution in [0.3, 0.4) is 0 Å². The minimum absolute atomic E-state index is 0.0205. The number of allylic oxidation sites excluding steroid dienone is 2. The van der Waals surface area contributed by atoms with Gasteiger partial charge in [0.15, 0.2) is 0 Å². The molecular weight excluding hydrogens is 316 g/mol. The van der Waals surface area contributed by atoms with Crippen LogP contribution in [0, 0.1) is 22.7 Å². The molecule has 6 atom stereocenters. The first-order valence-corrected chi connectivity index (χ1v) is 9.52. The van der Waals surface area contributed by atoms with Gasteiger partial charge in [0.25, 0.3) is 0 Å². The van der Waals surface area contributed by atoms with Crippen molar-refractivity contribution in [1.29, 1.82) is 0 Å². The molecule has 0 spiro atoms. The first kappa shape index (κ1) is 18.7. The fourth-order valence-corrected chi connectivity index (χ4v) is 5.64. The Morgan fingerprint density at radius 1 is 1.40 bits per heavy atom. The number of carbonyl (C=O) groups excluding carboxylic acids is 1. The highest BCUT2D eigenvalue weighted by Crippen LogP contribution is 2.62. The molecule has 4 heteroatoms. The normalized spacial score (nSPS) is 42.3. The number of aliphatic hydroxyl groups is 1. The summed E-state index contributed by atoms with van der Waals surface area (Å²) in [5.41, 5.74) is 2.31. The molecule has 0 aromatic carbocycles. The molecule has 0 bridgehead atoms. The fourth-order valence-electron chi connectivity index (χ4n) is 5.64. The highest BCUT2D eigenvalue weighted by atomic mass is 16.7. The number of rotatable bonds is 4. The van der Waals surface area contributed by atoms with Gasteiger partial charge in [-0.15, -0.1) is 0 Å². The van der Waals surface area contributed by atoms with Crippen LogP contribution in [0.2, 0.25) is 0 Å². The van der Waals surface area contributed by atoms with E-state index >= 15 is 0 Å². The van der Waals surface area contributed by atoms with E-state index in [9.17, 15) is 9.90 Å². The Morgan fingerprint density at radius 2 is 2.12 bits per heavy atom. The van der Waals surface area contributed by atoms with Crippen molar-refractivity contribution >= 4 is 5.97 Å². The van der Waals surface area contributed by atoms with E-state index in [0.29, 0.717) is 23.8 Å². The van der Waals surface area contributed by atoms with Gasteiger partial charge < -0.3 is 14.6 Å². The minimum atomic E-state index is -0.746. The Labute approximate surface area is 151 Å². The molecule has 1 fully saturated rings. The van der Waals surface area contributed by atoms with Crippen LogP contribution in [-0.2, 0) is 14.3 Å². The molecular formula is C21H32O4. The minimum Gasteiger partial charge on any atom is -0.428 e. The van der Waals surface area contributed by atoms with Crippen LogP contribution in [0.4, 0.5) is 0 Å². The lowest BCUT2D eigenvalue weighted by Crippen LogP contribution is -2.51. The number of hydrogen-bond donors (Lipinski definition) is 1. The molecule has 3 aliphatic rings. The van der Waals surface area contributed by atoms with E-state index in [1.165, 1.54) is 38.0 Å². The first-order valence-electron chi connectivity index (χ1n) is 9.52. The molecule has 1 N–H and O–H groups in total. The number of aliphatic hydroxyl groups excluding tert-OH is 1. The zero-order chi connectivity index (χ0) is 18.4. The predicted molar refractivity (Wildman–Crippen MR) is 96.7 cm³/mol. The van der Waals surface area contributed by atoms with Crippen LogP contribution in [-0.4, -0.2) is 30.6 Å². The maximum atomic E-state index is 11.6. The first-order chi connectivity index (χ1) is 11.7. The summed E-state index contributed by atoms with van der Waals surface area (Å²) in [6, 6.07) is 0. The largest absolute Gasteiger partial charge is 0.428 e. The topological polar surface area (TPSA) is 55.8 Å². The molecule has 0 aromatic rings. The van der Waals surface area contributed by atoms with Crippen molar-refractivity contribution in [3.63, 3.8) is 0 Å². The molecule has 1 heterocycles. The van der Waals surface area contributed by atoms with Crippen molar-refractivity contribution in [2.24, 2.45) is 22.7 Å². The second-order valence-corrected chi connectivity index (χ2v) is 8.75. The number of hydrogen-bond acceptors (Lipinski definition) is 4. The number of esters is 1. The highest BCUT2D eigenvalue weighted by Gasteiger charge is 2.54. The third kappa shape index (κ3) is 2.97. The fraction of sp³-hybridized carbons (Fsp3) is 0.762. The molecule has 3 rings (SSSR count). The quantitative estimate of drug-likeness (QED) is 0.616. The summed E-state index contributed by atoms with van der Waals surface area (Å²) >= 11 is 0. The smallest absolute Gasteiger partial charge is 0.333 e. The van der Waals surface area contributed by atoms with E-state index in [4.69, 9.17) is 9.47 Å².